The van der Waals surface area contributed by atoms with Crippen LogP contribution in [0.5, 0.6) is 0 Å². The van der Waals surface area contributed by atoms with Crippen LogP contribution in [0, 0.1) is 17.0 Å². The van der Waals surface area contributed by atoms with E-state index in [9.17, 15) is 10.1 Å². The molecule has 1 aliphatic heterocycles. The van der Waals surface area contributed by atoms with Gasteiger partial charge < -0.3 is 10.1 Å². The summed E-state index contributed by atoms with van der Waals surface area (Å²) in [6.45, 7) is 2.48. The van der Waals surface area contributed by atoms with E-state index in [0.29, 0.717) is 18.2 Å². The van der Waals surface area contributed by atoms with Gasteiger partial charge in [-0.05, 0) is 37.5 Å². The number of aryl methyl sites for hydroxylation is 1. The number of nitro benzene ring substituents is 1. The molecule has 0 amide bonds. The third-order valence-corrected chi connectivity index (χ3v) is 4.22. The third kappa shape index (κ3) is 3.68. The van der Waals surface area contributed by atoms with Gasteiger partial charge in [0.05, 0.1) is 11.0 Å². The fourth-order valence-electron chi connectivity index (χ4n) is 3.01. The van der Waals surface area contributed by atoms with Crippen LogP contribution in [-0.2, 0) is 4.74 Å². The Kier molecular flexibility index (Phi) is 4.57. The van der Waals surface area contributed by atoms with Crippen LogP contribution in [0.15, 0.2) is 48.5 Å². The summed E-state index contributed by atoms with van der Waals surface area (Å²) in [6.07, 6.45) is 1.92. The quantitative estimate of drug-likeness (QED) is 0.677. The molecule has 5 nitrogen and oxygen atoms in total. The van der Waals surface area contributed by atoms with Crippen LogP contribution in [0.25, 0.3) is 0 Å². The second-order valence-electron chi connectivity index (χ2n) is 5.89. The summed E-state index contributed by atoms with van der Waals surface area (Å²) in [5.41, 5.74) is 2.95. The second-order valence-corrected chi connectivity index (χ2v) is 5.89. The highest BCUT2D eigenvalue weighted by Gasteiger charge is 2.24. The van der Waals surface area contributed by atoms with Gasteiger partial charge in [0.2, 0.25) is 0 Å². The molecule has 0 aromatic heterocycles. The molecule has 120 valence electrons. The van der Waals surface area contributed by atoms with Gasteiger partial charge in [0.1, 0.15) is 0 Å². The van der Waals surface area contributed by atoms with Crippen molar-refractivity contribution in [3.05, 3.63) is 69.8 Å². The summed E-state index contributed by atoms with van der Waals surface area (Å²) in [5, 5.41) is 14.4. The van der Waals surface area contributed by atoms with Crippen LogP contribution in [0.3, 0.4) is 0 Å². The molecule has 2 unspecified atom stereocenters. The van der Waals surface area contributed by atoms with Gasteiger partial charge in [0.25, 0.3) is 5.69 Å². The predicted octanol–water partition coefficient (Wildman–Crippen LogP) is 4.24. The highest BCUT2D eigenvalue weighted by atomic mass is 16.6. The number of nitrogens with one attached hydrogen (secondary N) is 1. The number of nitro groups is 1. The highest BCUT2D eigenvalue weighted by molar-refractivity contribution is 5.54. The Morgan fingerprint density at radius 3 is 2.70 bits per heavy atom. The number of anilines is 1. The van der Waals surface area contributed by atoms with E-state index in [1.807, 2.05) is 24.3 Å². The summed E-state index contributed by atoms with van der Waals surface area (Å²) < 4.78 is 5.88. The Morgan fingerprint density at radius 2 is 2.00 bits per heavy atom. The molecular formula is C18H20N2O3. The molecule has 3 rings (SSSR count). The fraction of sp³-hybridized carbons (Fsp3) is 0.333. The molecule has 1 heterocycles. The van der Waals surface area contributed by atoms with E-state index in [1.165, 1.54) is 5.56 Å². The minimum absolute atomic E-state index is 0.0987. The lowest BCUT2D eigenvalue weighted by Gasteiger charge is -2.31. The molecule has 1 fully saturated rings. The second kappa shape index (κ2) is 6.79. The van der Waals surface area contributed by atoms with E-state index in [0.717, 1.165) is 18.5 Å². The van der Waals surface area contributed by atoms with Crippen LogP contribution in [0.4, 0.5) is 11.4 Å². The van der Waals surface area contributed by atoms with Crippen molar-refractivity contribution >= 4 is 11.4 Å². The van der Waals surface area contributed by atoms with Crippen molar-refractivity contribution in [2.24, 2.45) is 0 Å². The molecule has 2 aromatic rings. The Hall–Kier alpha value is -2.40. The Morgan fingerprint density at radius 1 is 1.22 bits per heavy atom. The summed E-state index contributed by atoms with van der Waals surface area (Å²) in [4.78, 5) is 10.5. The third-order valence-electron chi connectivity index (χ3n) is 4.22. The van der Waals surface area contributed by atoms with Gasteiger partial charge >= 0.3 is 0 Å². The van der Waals surface area contributed by atoms with E-state index < -0.39 is 0 Å². The first-order valence-corrected chi connectivity index (χ1v) is 7.81. The molecule has 23 heavy (non-hydrogen) atoms. The van der Waals surface area contributed by atoms with Gasteiger partial charge in [-0.1, -0.05) is 30.3 Å². The molecule has 2 aromatic carbocycles. The molecule has 2 atom stereocenters. The average Bonchev–Trinajstić information content (AvgIpc) is 2.56. The normalized spacial score (nSPS) is 20.9. The topological polar surface area (TPSA) is 64.4 Å². The van der Waals surface area contributed by atoms with E-state index in [-0.39, 0.29) is 16.7 Å². The molecule has 1 saturated heterocycles. The standard InChI is InChI=1S/C18H20N2O3/c1-13-11-15(7-8-17(13)20(21)22)19-16-9-10-23-18(12-16)14-5-3-2-4-6-14/h2-8,11,16,18-19H,9-10,12H2,1H3. The molecule has 1 aliphatic rings. The molecule has 0 aliphatic carbocycles. The molecule has 1 N–H and O–H groups in total. The maximum Gasteiger partial charge on any atom is 0.272 e. The Labute approximate surface area is 135 Å². The summed E-state index contributed by atoms with van der Waals surface area (Å²) in [7, 11) is 0. The largest absolute Gasteiger partial charge is 0.382 e. The van der Waals surface area contributed by atoms with Crippen molar-refractivity contribution in [3.63, 3.8) is 0 Å². The zero-order valence-electron chi connectivity index (χ0n) is 13.1. The first-order valence-electron chi connectivity index (χ1n) is 7.81. The summed E-state index contributed by atoms with van der Waals surface area (Å²) in [6, 6.07) is 15.7. The van der Waals surface area contributed by atoms with E-state index in [4.69, 9.17) is 4.74 Å². The predicted molar refractivity (Wildman–Crippen MR) is 89.6 cm³/mol. The lowest BCUT2D eigenvalue weighted by molar-refractivity contribution is -0.385. The molecule has 0 bridgehead atoms. The van der Waals surface area contributed by atoms with Gasteiger partial charge in [-0.25, -0.2) is 0 Å². The zero-order valence-corrected chi connectivity index (χ0v) is 13.1. The van der Waals surface area contributed by atoms with Crippen LogP contribution in [0.2, 0.25) is 0 Å². The van der Waals surface area contributed by atoms with Crippen molar-refractivity contribution < 1.29 is 9.66 Å². The number of hydrogen-bond acceptors (Lipinski definition) is 4. The van der Waals surface area contributed by atoms with Crippen LogP contribution in [0.1, 0.15) is 30.1 Å². The van der Waals surface area contributed by atoms with Crippen molar-refractivity contribution in [2.45, 2.75) is 31.9 Å². The van der Waals surface area contributed by atoms with Crippen molar-refractivity contribution in [3.8, 4) is 0 Å². The van der Waals surface area contributed by atoms with E-state index in [2.05, 4.69) is 17.4 Å². The average molecular weight is 312 g/mol. The maximum atomic E-state index is 10.9. The van der Waals surface area contributed by atoms with Crippen molar-refractivity contribution in [1.29, 1.82) is 0 Å². The number of benzene rings is 2. The summed E-state index contributed by atoms with van der Waals surface area (Å²) >= 11 is 0. The number of hydrogen-bond donors (Lipinski definition) is 1. The molecular weight excluding hydrogens is 292 g/mol. The zero-order chi connectivity index (χ0) is 16.2. The van der Waals surface area contributed by atoms with E-state index >= 15 is 0 Å². The minimum atomic E-state index is -0.348. The molecule has 5 heteroatoms. The lowest BCUT2D eigenvalue weighted by Crippen LogP contribution is -2.30. The van der Waals surface area contributed by atoms with Gasteiger partial charge in [-0.3, -0.25) is 10.1 Å². The number of nitrogens with zero attached hydrogens (tertiary/aromatic N) is 1. The highest BCUT2D eigenvalue weighted by Crippen LogP contribution is 2.30. The smallest absolute Gasteiger partial charge is 0.272 e. The Bertz CT molecular complexity index is 688. The van der Waals surface area contributed by atoms with Gasteiger partial charge in [-0.2, -0.15) is 0 Å². The van der Waals surface area contributed by atoms with Crippen LogP contribution in [-0.4, -0.2) is 17.6 Å². The summed E-state index contributed by atoms with van der Waals surface area (Å²) in [5.74, 6) is 0. The van der Waals surface area contributed by atoms with Gasteiger partial charge in [-0.15, -0.1) is 0 Å². The minimum Gasteiger partial charge on any atom is -0.382 e. The van der Waals surface area contributed by atoms with Crippen LogP contribution < -0.4 is 5.32 Å². The van der Waals surface area contributed by atoms with Gasteiger partial charge in [0.15, 0.2) is 0 Å². The van der Waals surface area contributed by atoms with Crippen molar-refractivity contribution in [2.75, 3.05) is 11.9 Å². The monoisotopic (exact) mass is 312 g/mol. The van der Waals surface area contributed by atoms with Gasteiger partial charge in [0, 0.05) is 30.0 Å². The number of rotatable bonds is 4. The SMILES string of the molecule is Cc1cc(NC2CCOC(c3ccccc3)C2)ccc1[N+](=O)[O-]. The first kappa shape index (κ1) is 15.5. The van der Waals surface area contributed by atoms with E-state index in [1.54, 1.807) is 19.1 Å². The maximum absolute atomic E-state index is 10.9. The first-order chi connectivity index (χ1) is 11.1. The molecule has 0 radical (unpaired) electrons. The van der Waals surface area contributed by atoms with Crippen molar-refractivity contribution in [1.82, 2.24) is 0 Å². The van der Waals surface area contributed by atoms with Crippen LogP contribution >= 0.6 is 0 Å². The Balaban J connectivity index is 1.68. The fourth-order valence-corrected chi connectivity index (χ4v) is 3.01. The number of ether oxygens (including phenoxy) is 1. The lowest BCUT2D eigenvalue weighted by atomic mass is 9.97. The molecule has 0 spiro atoms. The molecule has 0 saturated carbocycles.